The van der Waals surface area contributed by atoms with Crippen LogP contribution in [0.4, 0.5) is 0 Å². The van der Waals surface area contributed by atoms with Gasteiger partial charge in [0.25, 0.3) is 0 Å². The molecule has 14 heavy (non-hydrogen) atoms. The first kappa shape index (κ1) is 11.8. The molecule has 0 aromatic heterocycles. The molecule has 2 atom stereocenters. The fourth-order valence-corrected chi connectivity index (χ4v) is 4.61. The van der Waals surface area contributed by atoms with Gasteiger partial charge in [-0.25, -0.2) is 0 Å². The second-order valence-electron chi connectivity index (χ2n) is 5.66. The smallest absolute Gasteiger partial charge is 0.308 e. The van der Waals surface area contributed by atoms with E-state index in [4.69, 9.17) is 4.74 Å². The molecule has 0 saturated heterocycles. The molecule has 0 spiro atoms. The minimum atomic E-state index is -0.949. The Morgan fingerprint density at radius 2 is 2.00 bits per heavy atom. The lowest BCUT2D eigenvalue weighted by Crippen LogP contribution is -2.23. The van der Waals surface area contributed by atoms with E-state index in [0.29, 0.717) is 0 Å². The van der Waals surface area contributed by atoms with E-state index in [2.05, 4.69) is 19.6 Å². The van der Waals surface area contributed by atoms with Gasteiger partial charge in [0, 0.05) is 8.07 Å². The molecule has 0 aromatic carbocycles. The third-order valence-corrected chi connectivity index (χ3v) is 4.78. The van der Waals surface area contributed by atoms with Crippen LogP contribution in [0.25, 0.3) is 0 Å². The van der Waals surface area contributed by atoms with E-state index in [0.717, 1.165) is 18.8 Å². The first-order chi connectivity index (χ1) is 6.42. The van der Waals surface area contributed by atoms with Crippen LogP contribution >= 0.6 is 0 Å². The van der Waals surface area contributed by atoms with E-state index in [-0.39, 0.29) is 11.9 Å². The monoisotopic (exact) mass is 214 g/mol. The van der Waals surface area contributed by atoms with Gasteiger partial charge < -0.3 is 4.74 Å². The van der Waals surface area contributed by atoms with Gasteiger partial charge in [0.2, 0.25) is 0 Å². The van der Waals surface area contributed by atoms with E-state index in [9.17, 15) is 4.79 Å². The molecule has 3 heteroatoms. The van der Waals surface area contributed by atoms with Crippen molar-refractivity contribution >= 4 is 14.0 Å². The van der Waals surface area contributed by atoms with Crippen LogP contribution in [0, 0.1) is 11.8 Å². The number of carbonyl (C=O) groups excluding carboxylic acids is 1. The predicted molar refractivity (Wildman–Crippen MR) is 61.0 cm³/mol. The zero-order valence-electron chi connectivity index (χ0n) is 9.80. The number of methoxy groups -OCH3 is 1. The van der Waals surface area contributed by atoms with Crippen LogP contribution in [-0.4, -0.2) is 21.2 Å². The van der Waals surface area contributed by atoms with Crippen molar-refractivity contribution in [1.82, 2.24) is 0 Å². The molecule has 0 aliphatic heterocycles. The average molecular weight is 214 g/mol. The standard InChI is InChI=1S/C11H22O2Si/c1-13-11(12)10-6-5-9(7-10)8-14(2,3)4/h9-10H,5-8H2,1-4H3/t9-,10-/m1/s1. The van der Waals surface area contributed by atoms with Gasteiger partial charge in [0.05, 0.1) is 13.0 Å². The van der Waals surface area contributed by atoms with Crippen molar-refractivity contribution in [3.05, 3.63) is 0 Å². The summed E-state index contributed by atoms with van der Waals surface area (Å²) in [7, 11) is 0.545. The molecule has 0 N–H and O–H groups in total. The Bertz CT molecular complexity index is 208. The molecule has 1 aliphatic rings. The zero-order chi connectivity index (χ0) is 10.8. The topological polar surface area (TPSA) is 26.3 Å². The molecule has 82 valence electrons. The molecule has 2 nitrogen and oxygen atoms in total. The largest absolute Gasteiger partial charge is 0.469 e. The van der Waals surface area contributed by atoms with Crippen molar-refractivity contribution < 1.29 is 9.53 Å². The first-order valence-corrected chi connectivity index (χ1v) is 9.21. The van der Waals surface area contributed by atoms with Crippen LogP contribution in [0.2, 0.25) is 25.7 Å². The zero-order valence-corrected chi connectivity index (χ0v) is 10.8. The Balaban J connectivity index is 2.38. The van der Waals surface area contributed by atoms with E-state index in [1.165, 1.54) is 19.6 Å². The normalized spacial score (nSPS) is 27.7. The van der Waals surface area contributed by atoms with Gasteiger partial charge in [-0.1, -0.05) is 25.7 Å². The minimum absolute atomic E-state index is 0.00285. The van der Waals surface area contributed by atoms with Crippen molar-refractivity contribution in [2.24, 2.45) is 11.8 Å². The Morgan fingerprint density at radius 3 is 2.50 bits per heavy atom. The summed E-state index contributed by atoms with van der Waals surface area (Å²) in [6, 6.07) is 1.36. The highest BCUT2D eigenvalue weighted by Gasteiger charge is 2.32. The summed E-state index contributed by atoms with van der Waals surface area (Å²) < 4.78 is 4.78. The van der Waals surface area contributed by atoms with Crippen molar-refractivity contribution in [3.63, 3.8) is 0 Å². The molecule has 0 heterocycles. The summed E-state index contributed by atoms with van der Waals surface area (Å²) in [5.41, 5.74) is 0. The third kappa shape index (κ3) is 3.44. The predicted octanol–water partition coefficient (Wildman–Crippen LogP) is 2.91. The second kappa shape index (κ2) is 4.47. The van der Waals surface area contributed by atoms with E-state index >= 15 is 0 Å². The quantitative estimate of drug-likeness (QED) is 0.533. The van der Waals surface area contributed by atoms with Gasteiger partial charge >= 0.3 is 5.97 Å². The Kier molecular flexibility index (Phi) is 3.76. The number of hydrogen-bond donors (Lipinski definition) is 0. The number of ether oxygens (including phenoxy) is 1. The number of carbonyl (C=O) groups is 1. The van der Waals surface area contributed by atoms with Gasteiger partial charge in [0.1, 0.15) is 0 Å². The SMILES string of the molecule is COC(=O)[C@@H]1CC[C@@H](C[Si](C)(C)C)C1. The lowest BCUT2D eigenvalue weighted by atomic mass is 10.1. The van der Waals surface area contributed by atoms with Crippen molar-refractivity contribution in [3.8, 4) is 0 Å². The average Bonchev–Trinajstić information content (AvgIpc) is 2.48. The maximum absolute atomic E-state index is 11.3. The second-order valence-corrected chi connectivity index (χ2v) is 11.2. The Hall–Kier alpha value is -0.313. The van der Waals surface area contributed by atoms with E-state index < -0.39 is 8.07 Å². The maximum atomic E-state index is 11.3. The molecule has 0 bridgehead atoms. The van der Waals surface area contributed by atoms with E-state index in [1.807, 2.05) is 0 Å². The number of hydrogen-bond acceptors (Lipinski definition) is 2. The summed E-state index contributed by atoms with van der Waals surface area (Å²) in [5, 5.41) is 0. The van der Waals surface area contributed by atoms with Crippen LogP contribution in [0.1, 0.15) is 19.3 Å². The fraction of sp³-hybridized carbons (Fsp3) is 0.909. The molecule has 0 unspecified atom stereocenters. The van der Waals surface area contributed by atoms with Crippen LogP contribution in [0.5, 0.6) is 0 Å². The molecular weight excluding hydrogens is 192 g/mol. The highest BCUT2D eigenvalue weighted by Crippen LogP contribution is 2.36. The van der Waals surface area contributed by atoms with Gasteiger partial charge in [-0.05, 0) is 25.2 Å². The maximum Gasteiger partial charge on any atom is 0.308 e. The van der Waals surface area contributed by atoms with Gasteiger partial charge in [-0.2, -0.15) is 0 Å². The summed E-state index contributed by atoms with van der Waals surface area (Å²) in [4.78, 5) is 11.3. The van der Waals surface area contributed by atoms with Crippen LogP contribution < -0.4 is 0 Å². The molecule has 1 saturated carbocycles. The van der Waals surface area contributed by atoms with Crippen molar-refractivity contribution in [2.75, 3.05) is 7.11 Å². The van der Waals surface area contributed by atoms with Crippen LogP contribution in [0.3, 0.4) is 0 Å². The van der Waals surface area contributed by atoms with Crippen LogP contribution in [-0.2, 0) is 9.53 Å². The molecular formula is C11H22O2Si. The Labute approximate surface area is 88.0 Å². The highest BCUT2D eigenvalue weighted by molar-refractivity contribution is 6.76. The number of esters is 1. The summed E-state index contributed by atoms with van der Waals surface area (Å²) in [6.07, 6.45) is 3.34. The number of rotatable bonds is 3. The Morgan fingerprint density at radius 1 is 1.36 bits per heavy atom. The first-order valence-electron chi connectivity index (χ1n) is 5.50. The molecule has 0 amide bonds. The summed E-state index contributed by atoms with van der Waals surface area (Å²) in [5.74, 6) is 0.982. The molecule has 0 aromatic rings. The van der Waals surface area contributed by atoms with Crippen molar-refractivity contribution in [1.29, 1.82) is 0 Å². The van der Waals surface area contributed by atoms with Crippen LogP contribution in [0.15, 0.2) is 0 Å². The van der Waals surface area contributed by atoms with E-state index in [1.54, 1.807) is 0 Å². The highest BCUT2D eigenvalue weighted by atomic mass is 28.3. The van der Waals surface area contributed by atoms with Crippen molar-refractivity contribution in [2.45, 2.75) is 44.9 Å². The minimum Gasteiger partial charge on any atom is -0.469 e. The third-order valence-electron chi connectivity index (χ3n) is 2.98. The summed E-state index contributed by atoms with van der Waals surface area (Å²) >= 11 is 0. The lowest BCUT2D eigenvalue weighted by Gasteiger charge is -2.20. The molecule has 1 aliphatic carbocycles. The summed E-state index contributed by atoms with van der Waals surface area (Å²) in [6.45, 7) is 7.20. The van der Waals surface area contributed by atoms with Gasteiger partial charge in [0.15, 0.2) is 0 Å². The fourth-order valence-electron chi connectivity index (χ4n) is 2.51. The molecule has 1 rings (SSSR count). The molecule has 1 fully saturated rings. The van der Waals surface area contributed by atoms with Gasteiger partial charge in [-0.3, -0.25) is 4.79 Å². The molecule has 0 radical (unpaired) electrons. The lowest BCUT2D eigenvalue weighted by molar-refractivity contribution is -0.145. The van der Waals surface area contributed by atoms with Gasteiger partial charge in [-0.15, -0.1) is 0 Å².